The number of carbonyl (C=O) groups is 3. The summed E-state index contributed by atoms with van der Waals surface area (Å²) in [6.07, 6.45) is 2.18. The first kappa shape index (κ1) is 23.7. The van der Waals surface area contributed by atoms with Gasteiger partial charge >= 0.3 is 12.1 Å². The molecule has 1 atom stereocenters. The average molecular weight is 472 g/mol. The Hall–Kier alpha value is -4.46. The Morgan fingerprint density at radius 2 is 1.69 bits per heavy atom. The highest BCUT2D eigenvalue weighted by molar-refractivity contribution is 5.96. The molecule has 3 aromatic rings. The zero-order valence-corrected chi connectivity index (χ0v) is 18.9. The standard InChI is InChI=1S/C27H25N3O5/c1-2-7-24(26(33)29-18-13-12-17(28-15-18)14-25(31)32)30-27(34)35-16-23-21-10-5-3-8-19(21)20-9-4-6-11-22(20)23/h2-6,8-13,15,23-24H,1,7,14,16H2,(H,29,33)(H,30,34)(H,31,32). The fourth-order valence-electron chi connectivity index (χ4n) is 4.17. The molecule has 178 valence electrons. The Morgan fingerprint density at radius 1 is 1.03 bits per heavy atom. The van der Waals surface area contributed by atoms with E-state index in [1.807, 2.05) is 36.4 Å². The largest absolute Gasteiger partial charge is 0.481 e. The third-order valence-corrected chi connectivity index (χ3v) is 5.78. The molecule has 4 rings (SSSR count). The molecule has 0 fully saturated rings. The molecule has 1 aromatic heterocycles. The number of alkyl carbamates (subject to hydrolysis) is 1. The van der Waals surface area contributed by atoms with Crippen molar-refractivity contribution < 1.29 is 24.2 Å². The minimum atomic E-state index is -0.993. The van der Waals surface area contributed by atoms with Crippen LogP contribution in [0.4, 0.5) is 10.5 Å². The second-order valence-corrected chi connectivity index (χ2v) is 8.14. The number of rotatable bonds is 9. The Morgan fingerprint density at radius 3 is 2.26 bits per heavy atom. The molecule has 0 aliphatic heterocycles. The molecule has 8 nitrogen and oxygen atoms in total. The predicted molar refractivity (Wildman–Crippen MR) is 131 cm³/mol. The maximum Gasteiger partial charge on any atom is 0.407 e. The fraction of sp³-hybridized carbons (Fsp3) is 0.185. The van der Waals surface area contributed by atoms with E-state index in [1.165, 1.54) is 18.3 Å². The van der Waals surface area contributed by atoms with Crippen molar-refractivity contribution in [1.82, 2.24) is 10.3 Å². The van der Waals surface area contributed by atoms with Crippen LogP contribution in [0.2, 0.25) is 0 Å². The Bertz CT molecular complexity index is 1210. The van der Waals surface area contributed by atoms with Crippen molar-refractivity contribution in [2.75, 3.05) is 11.9 Å². The number of benzene rings is 2. The van der Waals surface area contributed by atoms with Gasteiger partial charge in [0.2, 0.25) is 5.91 Å². The van der Waals surface area contributed by atoms with E-state index in [-0.39, 0.29) is 25.4 Å². The summed E-state index contributed by atoms with van der Waals surface area (Å²) in [6.45, 7) is 3.79. The molecule has 2 amide bonds. The number of hydrogen-bond donors (Lipinski definition) is 3. The average Bonchev–Trinajstić information content (AvgIpc) is 3.17. The van der Waals surface area contributed by atoms with Gasteiger partial charge in [0.15, 0.2) is 0 Å². The number of hydrogen-bond acceptors (Lipinski definition) is 5. The van der Waals surface area contributed by atoms with Crippen molar-refractivity contribution in [2.45, 2.75) is 24.8 Å². The second kappa shape index (κ2) is 10.6. The van der Waals surface area contributed by atoms with Gasteiger partial charge in [-0.05, 0) is 40.8 Å². The summed E-state index contributed by atoms with van der Waals surface area (Å²) in [6, 6.07) is 18.3. The number of ether oxygens (including phenoxy) is 1. The van der Waals surface area contributed by atoms with E-state index in [4.69, 9.17) is 9.84 Å². The molecule has 8 heteroatoms. The number of pyridine rings is 1. The SMILES string of the molecule is C=CCC(NC(=O)OCC1c2ccccc2-c2ccccc21)C(=O)Nc1ccc(CC(=O)O)nc1. The summed E-state index contributed by atoms with van der Waals surface area (Å²) in [5.41, 5.74) is 5.21. The zero-order valence-electron chi connectivity index (χ0n) is 18.9. The molecule has 35 heavy (non-hydrogen) atoms. The molecule has 1 unspecified atom stereocenters. The minimum absolute atomic E-state index is 0.0878. The minimum Gasteiger partial charge on any atom is -0.481 e. The first-order valence-electron chi connectivity index (χ1n) is 11.2. The number of amides is 2. The van der Waals surface area contributed by atoms with Gasteiger partial charge in [-0.15, -0.1) is 6.58 Å². The van der Waals surface area contributed by atoms with Crippen molar-refractivity contribution in [3.8, 4) is 11.1 Å². The zero-order chi connectivity index (χ0) is 24.8. The third kappa shape index (κ3) is 5.55. The number of carbonyl (C=O) groups excluding carboxylic acids is 2. The lowest BCUT2D eigenvalue weighted by Gasteiger charge is -2.19. The number of aromatic nitrogens is 1. The smallest absolute Gasteiger partial charge is 0.407 e. The van der Waals surface area contributed by atoms with Crippen LogP contribution in [0.15, 0.2) is 79.5 Å². The molecule has 1 heterocycles. The monoisotopic (exact) mass is 471 g/mol. The van der Waals surface area contributed by atoms with Gasteiger partial charge in [0, 0.05) is 5.92 Å². The number of anilines is 1. The van der Waals surface area contributed by atoms with E-state index in [1.54, 1.807) is 6.07 Å². The van der Waals surface area contributed by atoms with E-state index in [0.717, 1.165) is 22.3 Å². The Balaban J connectivity index is 1.37. The van der Waals surface area contributed by atoms with Crippen LogP contribution in [0.25, 0.3) is 11.1 Å². The highest BCUT2D eigenvalue weighted by atomic mass is 16.5. The highest BCUT2D eigenvalue weighted by Gasteiger charge is 2.29. The summed E-state index contributed by atoms with van der Waals surface area (Å²) in [5.74, 6) is -1.55. The number of fused-ring (bicyclic) bond motifs is 3. The van der Waals surface area contributed by atoms with Crippen LogP contribution in [0, 0.1) is 0 Å². The molecule has 3 N–H and O–H groups in total. The molecule has 0 saturated heterocycles. The first-order valence-corrected chi connectivity index (χ1v) is 11.2. The predicted octanol–water partition coefficient (Wildman–Crippen LogP) is 4.13. The van der Waals surface area contributed by atoms with Crippen LogP contribution in [0.1, 0.15) is 29.2 Å². The first-order chi connectivity index (χ1) is 17.0. The lowest BCUT2D eigenvalue weighted by Crippen LogP contribution is -2.44. The maximum absolute atomic E-state index is 12.7. The van der Waals surface area contributed by atoms with Crippen molar-refractivity contribution in [2.24, 2.45) is 0 Å². The summed E-state index contributed by atoms with van der Waals surface area (Å²) in [4.78, 5) is 40.1. The summed E-state index contributed by atoms with van der Waals surface area (Å²) < 4.78 is 5.54. The van der Waals surface area contributed by atoms with Crippen LogP contribution < -0.4 is 10.6 Å². The van der Waals surface area contributed by atoms with Gasteiger partial charge in [-0.25, -0.2) is 4.79 Å². The van der Waals surface area contributed by atoms with Gasteiger partial charge in [-0.3, -0.25) is 14.6 Å². The van der Waals surface area contributed by atoms with Crippen LogP contribution in [0.5, 0.6) is 0 Å². The van der Waals surface area contributed by atoms with Crippen molar-refractivity contribution >= 4 is 23.7 Å². The van der Waals surface area contributed by atoms with Crippen LogP contribution in [-0.2, 0) is 20.7 Å². The quantitative estimate of drug-likeness (QED) is 0.404. The molecule has 0 spiro atoms. The topological polar surface area (TPSA) is 118 Å². The van der Waals surface area contributed by atoms with Gasteiger partial charge in [-0.2, -0.15) is 0 Å². The van der Waals surface area contributed by atoms with Crippen molar-refractivity contribution in [3.63, 3.8) is 0 Å². The van der Waals surface area contributed by atoms with Gasteiger partial charge < -0.3 is 20.5 Å². The van der Waals surface area contributed by atoms with E-state index >= 15 is 0 Å². The van der Waals surface area contributed by atoms with Crippen molar-refractivity contribution in [3.05, 3.63) is 96.3 Å². The van der Waals surface area contributed by atoms with Crippen LogP contribution in [-0.4, -0.2) is 40.7 Å². The van der Waals surface area contributed by atoms with Gasteiger partial charge in [0.25, 0.3) is 0 Å². The van der Waals surface area contributed by atoms with E-state index < -0.39 is 24.0 Å². The lowest BCUT2D eigenvalue weighted by atomic mass is 9.98. The van der Waals surface area contributed by atoms with Crippen molar-refractivity contribution in [1.29, 1.82) is 0 Å². The van der Waals surface area contributed by atoms with Gasteiger partial charge in [0.05, 0.1) is 24.0 Å². The number of aliphatic carboxylic acids is 1. The molecular weight excluding hydrogens is 446 g/mol. The Kier molecular flexibility index (Phi) is 7.21. The fourth-order valence-corrected chi connectivity index (χ4v) is 4.17. The van der Waals surface area contributed by atoms with Gasteiger partial charge in [0.1, 0.15) is 12.6 Å². The van der Waals surface area contributed by atoms with E-state index in [2.05, 4.69) is 34.3 Å². The molecule has 0 radical (unpaired) electrons. The third-order valence-electron chi connectivity index (χ3n) is 5.78. The highest BCUT2D eigenvalue weighted by Crippen LogP contribution is 2.44. The van der Waals surface area contributed by atoms with Crippen LogP contribution in [0.3, 0.4) is 0 Å². The second-order valence-electron chi connectivity index (χ2n) is 8.14. The Labute approximate surface area is 202 Å². The van der Waals surface area contributed by atoms with Gasteiger partial charge in [-0.1, -0.05) is 54.6 Å². The molecule has 1 aliphatic carbocycles. The molecule has 0 saturated carbocycles. The van der Waals surface area contributed by atoms with E-state index in [9.17, 15) is 14.4 Å². The molecule has 1 aliphatic rings. The van der Waals surface area contributed by atoms with E-state index in [0.29, 0.717) is 11.4 Å². The summed E-state index contributed by atoms with van der Waals surface area (Å²) >= 11 is 0. The normalized spacial score (nSPS) is 12.7. The maximum atomic E-state index is 12.7. The van der Waals surface area contributed by atoms with Crippen LogP contribution >= 0.6 is 0 Å². The number of nitrogens with zero attached hydrogens (tertiary/aromatic N) is 1. The molecule has 2 aromatic carbocycles. The number of carboxylic acid groups (broad SMARTS) is 1. The molecule has 0 bridgehead atoms. The molecular formula is C27H25N3O5. The summed E-state index contributed by atoms with van der Waals surface area (Å²) in [5, 5.41) is 14.1. The number of nitrogens with one attached hydrogen (secondary N) is 2. The lowest BCUT2D eigenvalue weighted by molar-refractivity contribution is -0.136. The number of carboxylic acids is 1. The summed E-state index contributed by atoms with van der Waals surface area (Å²) in [7, 11) is 0.